The average Bonchev–Trinajstić information content (AvgIpc) is 2.70. The zero-order valence-electron chi connectivity index (χ0n) is 18.6. The van der Waals surface area contributed by atoms with Gasteiger partial charge >= 0.3 is 0 Å². The maximum atomic E-state index is 13.5. The van der Waals surface area contributed by atoms with E-state index in [1.807, 2.05) is 30.3 Å². The van der Waals surface area contributed by atoms with E-state index in [2.05, 4.69) is 61.8 Å². The molecular formula is C25H35N3O. The number of pyridine rings is 1. The Kier molecular flexibility index (Phi) is 7.07. The third-order valence-electron chi connectivity index (χ3n) is 6.09. The number of carbonyl (C=O) groups excluding carboxylic acids is 1. The number of hydrogen-bond donors (Lipinski definition) is 0. The van der Waals surface area contributed by atoms with Crippen LogP contribution in [0.3, 0.4) is 0 Å². The highest BCUT2D eigenvalue weighted by atomic mass is 16.2. The van der Waals surface area contributed by atoms with E-state index in [1.54, 1.807) is 0 Å². The van der Waals surface area contributed by atoms with Crippen LogP contribution in [0.15, 0.2) is 42.6 Å². The number of rotatable bonds is 6. The molecule has 1 atom stereocenters. The molecule has 0 N–H and O–H groups in total. The molecule has 2 aromatic rings. The minimum Gasteiger partial charge on any atom is -0.333 e. The van der Waals surface area contributed by atoms with Crippen molar-refractivity contribution in [2.75, 3.05) is 26.7 Å². The number of benzene rings is 1. The Morgan fingerprint density at radius 2 is 1.76 bits per heavy atom. The summed E-state index contributed by atoms with van der Waals surface area (Å²) in [6, 6.07) is 12.2. The van der Waals surface area contributed by atoms with Gasteiger partial charge in [-0.1, -0.05) is 44.2 Å². The summed E-state index contributed by atoms with van der Waals surface area (Å²) in [7, 11) is 1.95. The van der Waals surface area contributed by atoms with Crippen LogP contribution in [0.2, 0.25) is 0 Å². The molecule has 0 aliphatic carbocycles. The van der Waals surface area contributed by atoms with E-state index in [1.165, 1.54) is 5.56 Å². The van der Waals surface area contributed by atoms with Gasteiger partial charge in [-0.05, 0) is 68.5 Å². The summed E-state index contributed by atoms with van der Waals surface area (Å²) in [4.78, 5) is 22.6. The summed E-state index contributed by atoms with van der Waals surface area (Å²) in [5.74, 6) is 1.01. The Bertz CT molecular complexity index is 779. The van der Waals surface area contributed by atoms with Crippen molar-refractivity contribution in [1.29, 1.82) is 0 Å². The third kappa shape index (κ3) is 5.05. The van der Waals surface area contributed by atoms with Crippen LogP contribution in [0.4, 0.5) is 0 Å². The number of aryl methyl sites for hydroxylation is 2. The van der Waals surface area contributed by atoms with Gasteiger partial charge in [0.25, 0.3) is 0 Å². The smallest absolute Gasteiger partial charge is 0.226 e. The van der Waals surface area contributed by atoms with E-state index < -0.39 is 0 Å². The van der Waals surface area contributed by atoms with E-state index in [0.29, 0.717) is 5.92 Å². The number of aromatic nitrogens is 1. The molecule has 1 saturated heterocycles. The van der Waals surface area contributed by atoms with Crippen molar-refractivity contribution in [3.8, 4) is 0 Å². The number of nitrogens with zero attached hydrogens (tertiary/aromatic N) is 3. The first-order valence-corrected chi connectivity index (χ1v) is 10.8. The van der Waals surface area contributed by atoms with Crippen molar-refractivity contribution in [1.82, 2.24) is 14.8 Å². The molecule has 29 heavy (non-hydrogen) atoms. The second kappa shape index (κ2) is 9.53. The van der Waals surface area contributed by atoms with Crippen LogP contribution in [-0.2, 0) is 4.79 Å². The molecule has 1 amide bonds. The first kappa shape index (κ1) is 21.5. The number of piperidine rings is 1. The van der Waals surface area contributed by atoms with Crippen LogP contribution >= 0.6 is 0 Å². The molecule has 156 valence electrons. The van der Waals surface area contributed by atoms with Gasteiger partial charge in [-0.25, -0.2) is 0 Å². The largest absolute Gasteiger partial charge is 0.333 e. The van der Waals surface area contributed by atoms with Gasteiger partial charge in [-0.15, -0.1) is 0 Å². The van der Waals surface area contributed by atoms with Crippen molar-refractivity contribution in [2.45, 2.75) is 46.6 Å². The lowest BCUT2D eigenvalue weighted by atomic mass is 9.91. The highest BCUT2D eigenvalue weighted by Crippen LogP contribution is 2.33. The molecule has 0 radical (unpaired) electrons. The van der Waals surface area contributed by atoms with E-state index in [0.717, 1.165) is 49.3 Å². The minimum absolute atomic E-state index is 0.0962. The van der Waals surface area contributed by atoms with Gasteiger partial charge in [0, 0.05) is 25.7 Å². The van der Waals surface area contributed by atoms with Crippen molar-refractivity contribution < 1.29 is 4.79 Å². The van der Waals surface area contributed by atoms with Crippen molar-refractivity contribution in [3.05, 3.63) is 65.0 Å². The Morgan fingerprint density at radius 1 is 1.10 bits per heavy atom. The fraction of sp³-hybridized carbons (Fsp3) is 0.520. The van der Waals surface area contributed by atoms with Crippen LogP contribution in [0.1, 0.15) is 55.1 Å². The summed E-state index contributed by atoms with van der Waals surface area (Å²) in [6.45, 7) is 11.9. The molecule has 1 unspecified atom stereocenters. The summed E-state index contributed by atoms with van der Waals surface area (Å²) in [5.41, 5.74) is 4.43. The Labute approximate surface area is 175 Å². The second-order valence-electron chi connectivity index (χ2n) is 8.88. The fourth-order valence-electron chi connectivity index (χ4n) is 4.51. The fourth-order valence-corrected chi connectivity index (χ4v) is 4.51. The number of hydrogen-bond acceptors (Lipinski definition) is 3. The first-order chi connectivity index (χ1) is 13.9. The zero-order chi connectivity index (χ0) is 21.0. The number of likely N-dealkylation sites (tertiary alicyclic amines) is 1. The molecule has 0 spiro atoms. The summed E-state index contributed by atoms with van der Waals surface area (Å²) < 4.78 is 0. The van der Waals surface area contributed by atoms with Gasteiger partial charge in [0.1, 0.15) is 0 Å². The predicted octanol–water partition coefficient (Wildman–Crippen LogP) is 4.61. The molecule has 1 aliphatic heterocycles. The Hall–Kier alpha value is -2.20. The highest BCUT2D eigenvalue weighted by Gasteiger charge is 2.33. The minimum atomic E-state index is -0.154. The molecule has 1 aromatic carbocycles. The molecule has 1 aliphatic rings. The zero-order valence-corrected chi connectivity index (χ0v) is 18.6. The van der Waals surface area contributed by atoms with Crippen LogP contribution in [-0.4, -0.2) is 47.4 Å². The summed E-state index contributed by atoms with van der Waals surface area (Å²) >= 11 is 0. The Balaban J connectivity index is 1.84. The van der Waals surface area contributed by atoms with Crippen molar-refractivity contribution in [3.63, 3.8) is 0 Å². The standard InChI is InChI=1S/C25H35N3O/c1-18(2)17-28-15-12-21(13-16-28)25(29)27(5)24(22-11-7-6-9-19(22)3)23-20(4)10-8-14-26-23/h6-11,14,18,21,24H,12-13,15-17H2,1-5H3. The quantitative estimate of drug-likeness (QED) is 0.719. The average molecular weight is 394 g/mol. The van der Waals surface area contributed by atoms with E-state index in [9.17, 15) is 4.79 Å². The lowest BCUT2D eigenvalue weighted by Gasteiger charge is -2.37. The summed E-state index contributed by atoms with van der Waals surface area (Å²) in [5, 5.41) is 0. The van der Waals surface area contributed by atoms with Crippen LogP contribution in [0, 0.1) is 25.7 Å². The van der Waals surface area contributed by atoms with Gasteiger partial charge < -0.3 is 9.80 Å². The van der Waals surface area contributed by atoms with Crippen molar-refractivity contribution >= 4 is 5.91 Å². The molecule has 0 bridgehead atoms. The second-order valence-corrected chi connectivity index (χ2v) is 8.88. The van der Waals surface area contributed by atoms with Crippen molar-refractivity contribution in [2.24, 2.45) is 11.8 Å². The van der Waals surface area contributed by atoms with E-state index in [-0.39, 0.29) is 17.9 Å². The molecule has 0 saturated carbocycles. The van der Waals surface area contributed by atoms with Gasteiger partial charge in [0.15, 0.2) is 0 Å². The van der Waals surface area contributed by atoms with Gasteiger partial charge in [-0.3, -0.25) is 9.78 Å². The molecule has 2 heterocycles. The van der Waals surface area contributed by atoms with Gasteiger partial charge in [-0.2, -0.15) is 0 Å². The topological polar surface area (TPSA) is 36.4 Å². The van der Waals surface area contributed by atoms with Gasteiger partial charge in [0.2, 0.25) is 5.91 Å². The molecule has 4 heteroatoms. The SMILES string of the molecule is Cc1ccccc1C(c1ncccc1C)N(C)C(=O)C1CCN(CC(C)C)CC1. The monoisotopic (exact) mass is 393 g/mol. The molecule has 3 rings (SSSR count). The summed E-state index contributed by atoms with van der Waals surface area (Å²) in [6.07, 6.45) is 3.71. The molecular weight excluding hydrogens is 358 g/mol. The maximum absolute atomic E-state index is 13.5. The number of amides is 1. The predicted molar refractivity (Wildman–Crippen MR) is 119 cm³/mol. The molecule has 1 fully saturated rings. The maximum Gasteiger partial charge on any atom is 0.226 e. The van der Waals surface area contributed by atoms with E-state index in [4.69, 9.17) is 0 Å². The van der Waals surface area contributed by atoms with Gasteiger partial charge in [0.05, 0.1) is 11.7 Å². The Morgan fingerprint density at radius 3 is 2.38 bits per heavy atom. The number of carbonyl (C=O) groups is 1. The van der Waals surface area contributed by atoms with Crippen LogP contribution in [0.5, 0.6) is 0 Å². The first-order valence-electron chi connectivity index (χ1n) is 10.8. The van der Waals surface area contributed by atoms with Crippen LogP contribution < -0.4 is 0 Å². The van der Waals surface area contributed by atoms with Crippen LogP contribution in [0.25, 0.3) is 0 Å². The lowest BCUT2D eigenvalue weighted by molar-refractivity contribution is -0.137. The molecule has 1 aromatic heterocycles. The molecule has 4 nitrogen and oxygen atoms in total. The third-order valence-corrected chi connectivity index (χ3v) is 6.09. The normalized spacial score (nSPS) is 16.8. The van der Waals surface area contributed by atoms with E-state index >= 15 is 0 Å². The lowest BCUT2D eigenvalue weighted by Crippen LogP contribution is -2.43. The highest BCUT2D eigenvalue weighted by molar-refractivity contribution is 5.79.